The van der Waals surface area contributed by atoms with E-state index in [2.05, 4.69) is 0 Å². The summed E-state index contributed by atoms with van der Waals surface area (Å²) in [6.07, 6.45) is 2.16. The fraction of sp³-hybridized carbons (Fsp3) is 0.0588. The molecule has 0 radical (unpaired) electrons. The molecule has 27 heavy (non-hydrogen) atoms. The van der Waals surface area contributed by atoms with E-state index in [9.17, 15) is 32.3 Å². The minimum absolute atomic E-state index is 0.263. The second kappa shape index (κ2) is 6.62. The van der Waals surface area contributed by atoms with E-state index in [4.69, 9.17) is 5.73 Å². The van der Waals surface area contributed by atoms with Gasteiger partial charge < -0.3 is 15.4 Å². The quantitative estimate of drug-likeness (QED) is 0.400. The average molecular weight is 398 g/mol. The first kappa shape index (κ1) is 18.8. The summed E-state index contributed by atoms with van der Waals surface area (Å²) in [5.41, 5.74) is 2.43. The zero-order valence-electron chi connectivity index (χ0n) is 13.5. The van der Waals surface area contributed by atoms with Crippen molar-refractivity contribution in [3.8, 4) is 5.69 Å². The smallest absolute Gasteiger partial charge is 0.341 e. The summed E-state index contributed by atoms with van der Waals surface area (Å²) >= 11 is 0.734. The molecule has 3 N–H and O–H groups in total. The van der Waals surface area contributed by atoms with Crippen molar-refractivity contribution in [1.29, 1.82) is 0 Å². The SMILES string of the molecule is CSc1c(F)c(F)cc2c(=O)c(C(=O)O)cn(-c3cc(N)c(F)cc3F)c12. The summed E-state index contributed by atoms with van der Waals surface area (Å²) in [5.74, 6) is -6.50. The van der Waals surface area contributed by atoms with Gasteiger partial charge in [-0.15, -0.1) is 11.8 Å². The number of nitrogens with zero attached hydrogens (tertiary/aromatic N) is 1. The van der Waals surface area contributed by atoms with Crippen LogP contribution >= 0.6 is 11.8 Å². The van der Waals surface area contributed by atoms with Crippen LogP contribution in [-0.4, -0.2) is 21.9 Å². The van der Waals surface area contributed by atoms with Gasteiger partial charge in [0.05, 0.1) is 27.2 Å². The number of fused-ring (bicyclic) bond motifs is 1. The van der Waals surface area contributed by atoms with Crippen molar-refractivity contribution >= 4 is 34.3 Å². The maximum Gasteiger partial charge on any atom is 0.341 e. The van der Waals surface area contributed by atoms with Gasteiger partial charge in [0.25, 0.3) is 0 Å². The molecule has 0 unspecified atom stereocenters. The number of halogens is 4. The predicted molar refractivity (Wildman–Crippen MR) is 92.5 cm³/mol. The molecule has 1 aromatic heterocycles. The van der Waals surface area contributed by atoms with Gasteiger partial charge in [0.15, 0.2) is 11.6 Å². The number of rotatable bonds is 3. The van der Waals surface area contributed by atoms with Gasteiger partial charge in [-0.1, -0.05) is 0 Å². The van der Waals surface area contributed by atoms with Crippen LogP contribution in [0.25, 0.3) is 16.6 Å². The maximum atomic E-state index is 14.4. The molecule has 3 aromatic rings. The predicted octanol–water partition coefficient (Wildman–Crippen LogP) is 3.55. The summed E-state index contributed by atoms with van der Waals surface area (Å²) in [6, 6.07) is 1.87. The molecule has 0 amide bonds. The Balaban J connectivity index is 2.61. The van der Waals surface area contributed by atoms with Crippen LogP contribution in [0.1, 0.15) is 10.4 Å². The van der Waals surface area contributed by atoms with Crippen LogP contribution in [0, 0.1) is 23.3 Å². The number of anilines is 1. The van der Waals surface area contributed by atoms with Crippen molar-refractivity contribution in [2.75, 3.05) is 12.0 Å². The summed E-state index contributed by atoms with van der Waals surface area (Å²) in [6.45, 7) is 0. The third-order valence-electron chi connectivity index (χ3n) is 3.90. The molecule has 10 heteroatoms. The Morgan fingerprint density at radius 3 is 2.37 bits per heavy atom. The van der Waals surface area contributed by atoms with Crippen molar-refractivity contribution in [3.63, 3.8) is 0 Å². The topological polar surface area (TPSA) is 85.3 Å². The third-order valence-corrected chi connectivity index (χ3v) is 4.68. The lowest BCUT2D eigenvalue weighted by Gasteiger charge is -2.17. The molecule has 1 heterocycles. The second-order valence-corrected chi connectivity index (χ2v) is 6.29. The third kappa shape index (κ3) is 2.91. The van der Waals surface area contributed by atoms with E-state index < -0.39 is 57.0 Å². The van der Waals surface area contributed by atoms with Crippen molar-refractivity contribution in [1.82, 2.24) is 4.57 Å². The summed E-state index contributed by atoms with van der Waals surface area (Å²) in [4.78, 5) is 23.5. The number of nitrogen functional groups attached to an aromatic ring is 1. The van der Waals surface area contributed by atoms with Gasteiger partial charge in [-0.25, -0.2) is 22.4 Å². The van der Waals surface area contributed by atoms with Crippen LogP contribution in [-0.2, 0) is 0 Å². The van der Waals surface area contributed by atoms with Crippen molar-refractivity contribution in [3.05, 3.63) is 63.5 Å². The van der Waals surface area contributed by atoms with Crippen molar-refractivity contribution in [2.24, 2.45) is 0 Å². The minimum atomic E-state index is -1.65. The van der Waals surface area contributed by atoms with E-state index in [1.54, 1.807) is 0 Å². The molecule has 5 nitrogen and oxygen atoms in total. The number of hydrogen-bond acceptors (Lipinski definition) is 4. The number of aromatic nitrogens is 1. The van der Waals surface area contributed by atoms with Crippen LogP contribution in [0.5, 0.6) is 0 Å². The zero-order chi connectivity index (χ0) is 20.0. The largest absolute Gasteiger partial charge is 0.477 e. The lowest BCUT2D eigenvalue weighted by atomic mass is 10.1. The number of benzene rings is 2. The van der Waals surface area contributed by atoms with Crippen LogP contribution in [0.4, 0.5) is 23.2 Å². The molecule has 140 valence electrons. The minimum Gasteiger partial charge on any atom is -0.477 e. The summed E-state index contributed by atoms with van der Waals surface area (Å²) < 4.78 is 56.9. The van der Waals surface area contributed by atoms with Gasteiger partial charge in [-0.05, 0) is 18.4 Å². The van der Waals surface area contributed by atoms with E-state index in [1.165, 1.54) is 6.26 Å². The first-order valence-corrected chi connectivity index (χ1v) is 8.49. The molecule has 0 aliphatic carbocycles. The molecule has 0 bridgehead atoms. The van der Waals surface area contributed by atoms with Gasteiger partial charge in [-0.2, -0.15) is 0 Å². The van der Waals surface area contributed by atoms with Crippen LogP contribution in [0.2, 0.25) is 0 Å². The monoisotopic (exact) mass is 398 g/mol. The maximum absolute atomic E-state index is 14.4. The average Bonchev–Trinajstić information content (AvgIpc) is 2.60. The normalized spacial score (nSPS) is 11.1. The zero-order valence-corrected chi connectivity index (χ0v) is 14.3. The van der Waals surface area contributed by atoms with E-state index in [0.29, 0.717) is 12.1 Å². The number of thioether (sulfide) groups is 1. The molecule has 0 atom stereocenters. The number of hydrogen-bond donors (Lipinski definition) is 2. The van der Waals surface area contributed by atoms with E-state index >= 15 is 0 Å². The van der Waals surface area contributed by atoms with E-state index in [-0.39, 0.29) is 10.4 Å². The highest BCUT2D eigenvalue weighted by molar-refractivity contribution is 7.98. The number of aromatic carboxylic acids is 1. The molecule has 0 saturated carbocycles. The Labute approximate surface area is 153 Å². The first-order valence-electron chi connectivity index (χ1n) is 7.26. The molecule has 0 aliphatic heterocycles. The Kier molecular flexibility index (Phi) is 4.60. The molecular formula is C17H10F4N2O3S. The van der Waals surface area contributed by atoms with Crippen molar-refractivity contribution in [2.45, 2.75) is 4.90 Å². The van der Waals surface area contributed by atoms with Gasteiger partial charge in [0.1, 0.15) is 17.2 Å². The lowest BCUT2D eigenvalue weighted by molar-refractivity contribution is 0.0695. The first-order chi connectivity index (χ1) is 12.7. The van der Waals surface area contributed by atoms with Gasteiger partial charge in [0.2, 0.25) is 5.43 Å². The van der Waals surface area contributed by atoms with Crippen LogP contribution < -0.4 is 11.2 Å². The molecule has 0 fully saturated rings. The molecule has 2 aromatic carbocycles. The fourth-order valence-electron chi connectivity index (χ4n) is 2.67. The Morgan fingerprint density at radius 2 is 1.78 bits per heavy atom. The summed E-state index contributed by atoms with van der Waals surface area (Å²) in [5, 5.41) is 8.78. The number of carbonyl (C=O) groups is 1. The Bertz CT molecular complexity index is 1180. The highest BCUT2D eigenvalue weighted by atomic mass is 32.2. The van der Waals surface area contributed by atoms with E-state index in [1.807, 2.05) is 0 Å². The van der Waals surface area contributed by atoms with Crippen LogP contribution in [0.15, 0.2) is 34.1 Å². The number of carboxylic acids is 1. The second-order valence-electron chi connectivity index (χ2n) is 5.47. The van der Waals surface area contributed by atoms with E-state index in [0.717, 1.165) is 28.6 Å². The summed E-state index contributed by atoms with van der Waals surface area (Å²) in [7, 11) is 0. The highest BCUT2D eigenvalue weighted by Gasteiger charge is 2.23. The fourth-order valence-corrected chi connectivity index (χ4v) is 3.35. The number of nitrogens with two attached hydrogens (primary N) is 1. The highest BCUT2D eigenvalue weighted by Crippen LogP contribution is 2.33. The van der Waals surface area contributed by atoms with Crippen LogP contribution in [0.3, 0.4) is 0 Å². The number of carboxylic acid groups (broad SMARTS) is 1. The Morgan fingerprint density at radius 1 is 1.11 bits per heavy atom. The molecule has 0 aliphatic rings. The molecule has 0 saturated heterocycles. The van der Waals surface area contributed by atoms with Gasteiger partial charge >= 0.3 is 5.97 Å². The molecule has 0 spiro atoms. The van der Waals surface area contributed by atoms with Gasteiger partial charge in [-0.3, -0.25) is 4.79 Å². The van der Waals surface area contributed by atoms with Gasteiger partial charge in [0, 0.05) is 12.3 Å². The van der Waals surface area contributed by atoms with Crippen molar-refractivity contribution < 1.29 is 27.5 Å². The Hall–Kier alpha value is -3.01. The lowest BCUT2D eigenvalue weighted by Crippen LogP contribution is -2.20. The standard InChI is InChI=1S/C17H10F4N2O3S/c1-27-16-13(21)10(20)2-6-14(16)23(5-7(15(6)24)17(25)26)12-4-11(22)8(18)3-9(12)19/h2-5H,22H2,1H3,(H,25,26). The molecule has 3 rings (SSSR count). The number of pyridine rings is 1. The molecular weight excluding hydrogens is 388 g/mol.